The maximum atomic E-state index is 13.9. The van der Waals surface area contributed by atoms with Crippen molar-refractivity contribution in [1.82, 2.24) is 10.6 Å². The van der Waals surface area contributed by atoms with Gasteiger partial charge in [-0.3, -0.25) is 10.1 Å². The number of hydrogen-bond donors (Lipinski definition) is 2. The average Bonchev–Trinajstić information content (AvgIpc) is 2.94. The first kappa shape index (κ1) is 28.1. The van der Waals surface area contributed by atoms with Crippen LogP contribution >= 0.6 is 0 Å². The Hall–Kier alpha value is -3.44. The predicted octanol–water partition coefficient (Wildman–Crippen LogP) is 5.83. The Kier molecular flexibility index (Phi) is 10.5. The van der Waals surface area contributed by atoms with E-state index in [2.05, 4.69) is 67.8 Å². The summed E-state index contributed by atoms with van der Waals surface area (Å²) in [5.74, 6) is -0.367. The normalized spacial score (nSPS) is 13.1. The van der Waals surface area contributed by atoms with Crippen LogP contribution in [-0.2, 0) is 19.9 Å². The molecule has 0 aliphatic rings. The lowest BCUT2D eigenvalue weighted by atomic mass is 9.76. The molecule has 0 aliphatic heterocycles. The molecular weight excluding hydrogens is 460 g/mol. The van der Waals surface area contributed by atoms with E-state index >= 15 is 0 Å². The van der Waals surface area contributed by atoms with Crippen molar-refractivity contribution in [1.29, 1.82) is 0 Å². The number of carbonyl (C=O) groups is 2. The molecule has 0 unspecified atom stereocenters. The SMILES string of the molecule is CCCC[C@H](NC(=O)[C@H](CC(C)C)NC(c1ccccc1)(c1ccccc1)c1ccccc1)C(=O)OC. The lowest BCUT2D eigenvalue weighted by molar-refractivity contribution is -0.145. The molecule has 1 amide bonds. The predicted molar refractivity (Wildman–Crippen MR) is 149 cm³/mol. The molecule has 0 bridgehead atoms. The van der Waals surface area contributed by atoms with E-state index in [1.54, 1.807) is 0 Å². The number of hydrogen-bond acceptors (Lipinski definition) is 4. The summed E-state index contributed by atoms with van der Waals surface area (Å²) < 4.78 is 5.01. The van der Waals surface area contributed by atoms with Gasteiger partial charge < -0.3 is 10.1 Å². The van der Waals surface area contributed by atoms with Crippen LogP contribution in [0, 0.1) is 5.92 Å². The van der Waals surface area contributed by atoms with Gasteiger partial charge in [-0.15, -0.1) is 0 Å². The highest BCUT2D eigenvalue weighted by Gasteiger charge is 2.40. The van der Waals surface area contributed by atoms with Crippen LogP contribution in [0.4, 0.5) is 0 Å². The van der Waals surface area contributed by atoms with Crippen molar-refractivity contribution < 1.29 is 14.3 Å². The third-order valence-corrected chi connectivity index (χ3v) is 6.68. The van der Waals surface area contributed by atoms with Crippen molar-refractivity contribution in [2.45, 2.75) is 64.1 Å². The van der Waals surface area contributed by atoms with Crippen LogP contribution in [0.2, 0.25) is 0 Å². The quantitative estimate of drug-likeness (QED) is 0.229. The number of ether oxygens (including phenoxy) is 1. The molecule has 0 radical (unpaired) electrons. The zero-order valence-electron chi connectivity index (χ0n) is 22.4. The molecule has 5 heteroatoms. The molecule has 2 N–H and O–H groups in total. The minimum atomic E-state index is -0.787. The maximum Gasteiger partial charge on any atom is 0.328 e. The Morgan fingerprint density at radius 1 is 0.784 bits per heavy atom. The van der Waals surface area contributed by atoms with E-state index in [1.807, 2.05) is 54.6 Å². The molecule has 196 valence electrons. The first-order valence-corrected chi connectivity index (χ1v) is 13.2. The van der Waals surface area contributed by atoms with Gasteiger partial charge in [0.15, 0.2) is 0 Å². The topological polar surface area (TPSA) is 67.4 Å². The summed E-state index contributed by atoms with van der Waals surface area (Å²) in [7, 11) is 1.36. The summed E-state index contributed by atoms with van der Waals surface area (Å²) in [6.45, 7) is 6.27. The van der Waals surface area contributed by atoms with Crippen LogP contribution in [0.1, 0.15) is 63.1 Å². The number of benzene rings is 3. The van der Waals surface area contributed by atoms with Crippen LogP contribution in [-0.4, -0.2) is 31.1 Å². The fourth-order valence-corrected chi connectivity index (χ4v) is 4.85. The van der Waals surface area contributed by atoms with E-state index in [0.717, 1.165) is 29.5 Å². The summed E-state index contributed by atoms with van der Waals surface area (Å²) in [6.07, 6.45) is 2.90. The van der Waals surface area contributed by atoms with Gasteiger partial charge in [-0.25, -0.2) is 4.79 Å². The number of rotatable bonds is 13. The summed E-state index contributed by atoms with van der Waals surface area (Å²) in [5, 5.41) is 6.81. The van der Waals surface area contributed by atoms with Crippen LogP contribution in [0.15, 0.2) is 91.0 Å². The lowest BCUT2D eigenvalue weighted by Gasteiger charge is -2.40. The van der Waals surface area contributed by atoms with Crippen LogP contribution in [0.3, 0.4) is 0 Å². The summed E-state index contributed by atoms with van der Waals surface area (Å²) in [6, 6.07) is 29.4. The van der Waals surface area contributed by atoms with E-state index in [9.17, 15) is 9.59 Å². The number of nitrogens with one attached hydrogen (secondary N) is 2. The number of methoxy groups -OCH3 is 1. The zero-order chi connectivity index (χ0) is 26.7. The van der Waals surface area contributed by atoms with Gasteiger partial charge in [0, 0.05) is 0 Å². The summed E-state index contributed by atoms with van der Waals surface area (Å²) in [5.41, 5.74) is 2.31. The molecule has 0 aliphatic carbocycles. The molecular formula is C32H40N2O3. The number of esters is 1. The molecule has 3 aromatic rings. The van der Waals surface area contributed by atoms with Gasteiger partial charge in [-0.1, -0.05) is 125 Å². The fourth-order valence-electron chi connectivity index (χ4n) is 4.85. The van der Waals surface area contributed by atoms with Gasteiger partial charge in [0.05, 0.1) is 18.7 Å². The molecule has 0 fully saturated rings. The van der Waals surface area contributed by atoms with E-state index in [-0.39, 0.29) is 11.8 Å². The van der Waals surface area contributed by atoms with Crippen LogP contribution in [0.5, 0.6) is 0 Å². The summed E-state index contributed by atoms with van der Waals surface area (Å²) >= 11 is 0. The van der Waals surface area contributed by atoms with Gasteiger partial charge in [-0.2, -0.15) is 0 Å². The van der Waals surface area contributed by atoms with Crippen molar-refractivity contribution in [3.8, 4) is 0 Å². The minimum Gasteiger partial charge on any atom is -0.467 e. The number of amides is 1. The summed E-state index contributed by atoms with van der Waals surface area (Å²) in [4.78, 5) is 26.4. The van der Waals surface area contributed by atoms with Gasteiger partial charge in [-0.05, 0) is 35.4 Å². The number of carbonyl (C=O) groups excluding carboxylic acids is 2. The average molecular weight is 501 g/mol. The van der Waals surface area contributed by atoms with E-state index in [4.69, 9.17) is 4.74 Å². The highest BCUT2D eigenvalue weighted by Crippen LogP contribution is 2.37. The van der Waals surface area contributed by atoms with Gasteiger partial charge in [0.2, 0.25) is 5.91 Å². The Morgan fingerprint density at radius 2 is 1.24 bits per heavy atom. The maximum absolute atomic E-state index is 13.9. The molecule has 3 aromatic carbocycles. The Labute approximate surface area is 221 Å². The smallest absolute Gasteiger partial charge is 0.328 e. The second kappa shape index (κ2) is 13.8. The Balaban J connectivity index is 2.12. The molecule has 5 nitrogen and oxygen atoms in total. The largest absolute Gasteiger partial charge is 0.467 e. The Morgan fingerprint density at radius 3 is 1.62 bits per heavy atom. The number of unbranched alkanes of at least 4 members (excludes halogenated alkanes) is 1. The van der Waals surface area contributed by atoms with Crippen LogP contribution in [0.25, 0.3) is 0 Å². The molecule has 3 rings (SSSR count). The standard InChI is InChI=1S/C32H40N2O3/c1-5-6-22-28(31(36)37-4)33-30(35)29(23-24(2)3)34-32(25-16-10-7-11-17-25,26-18-12-8-13-19-26)27-20-14-9-15-21-27/h7-21,24,28-29,34H,5-6,22-23H2,1-4H3,(H,33,35)/t28-,29-/m0/s1. The molecule has 0 saturated carbocycles. The molecule has 0 saturated heterocycles. The molecule has 2 atom stereocenters. The van der Waals surface area contributed by atoms with Crippen molar-refractivity contribution in [3.63, 3.8) is 0 Å². The second-order valence-corrected chi connectivity index (χ2v) is 9.90. The first-order chi connectivity index (χ1) is 17.9. The van der Waals surface area contributed by atoms with Crippen molar-refractivity contribution >= 4 is 11.9 Å². The zero-order valence-corrected chi connectivity index (χ0v) is 22.4. The van der Waals surface area contributed by atoms with E-state index in [1.165, 1.54) is 7.11 Å². The van der Waals surface area contributed by atoms with Gasteiger partial charge in [0.25, 0.3) is 0 Å². The third kappa shape index (κ3) is 7.07. The fraction of sp³-hybridized carbons (Fsp3) is 0.375. The van der Waals surface area contributed by atoms with Crippen molar-refractivity contribution in [2.75, 3.05) is 7.11 Å². The Bertz CT molecular complexity index is 1000. The molecule has 0 spiro atoms. The third-order valence-electron chi connectivity index (χ3n) is 6.68. The lowest BCUT2D eigenvalue weighted by Crippen LogP contribution is -2.57. The highest BCUT2D eigenvalue weighted by atomic mass is 16.5. The van der Waals surface area contributed by atoms with E-state index < -0.39 is 23.6 Å². The van der Waals surface area contributed by atoms with Crippen molar-refractivity contribution in [3.05, 3.63) is 108 Å². The minimum absolute atomic E-state index is 0.202. The molecule has 0 heterocycles. The van der Waals surface area contributed by atoms with Gasteiger partial charge in [0.1, 0.15) is 6.04 Å². The monoisotopic (exact) mass is 500 g/mol. The highest BCUT2D eigenvalue weighted by molar-refractivity contribution is 5.87. The molecule has 0 aromatic heterocycles. The second-order valence-electron chi connectivity index (χ2n) is 9.90. The molecule has 37 heavy (non-hydrogen) atoms. The van der Waals surface area contributed by atoms with Crippen LogP contribution < -0.4 is 10.6 Å². The first-order valence-electron chi connectivity index (χ1n) is 13.2. The van der Waals surface area contributed by atoms with E-state index in [0.29, 0.717) is 12.8 Å². The van der Waals surface area contributed by atoms with Gasteiger partial charge >= 0.3 is 5.97 Å². The van der Waals surface area contributed by atoms with Crippen molar-refractivity contribution in [2.24, 2.45) is 5.92 Å².